The number of aromatic nitrogens is 1. The van der Waals surface area contributed by atoms with Crippen LogP contribution in [0, 0.1) is 5.82 Å². The molecule has 2 aromatic rings. The highest BCUT2D eigenvalue weighted by atomic mass is 79.9. The van der Waals surface area contributed by atoms with Gasteiger partial charge in [-0.15, -0.1) is 0 Å². The fraction of sp³-hybridized carbons (Fsp3) is 0.154. The summed E-state index contributed by atoms with van der Waals surface area (Å²) in [7, 11) is 0. The molecule has 0 aliphatic carbocycles. The van der Waals surface area contributed by atoms with Crippen molar-refractivity contribution >= 4 is 27.3 Å². The van der Waals surface area contributed by atoms with Crippen LogP contribution in [-0.4, -0.2) is 4.98 Å². The molecular formula is C13H13BrFN3. The molecule has 0 aliphatic rings. The Bertz CT molecular complexity index is 545. The second kappa shape index (κ2) is 5.35. The van der Waals surface area contributed by atoms with Crippen LogP contribution in [0.3, 0.4) is 0 Å². The van der Waals surface area contributed by atoms with Crippen LogP contribution in [0.2, 0.25) is 0 Å². The molecule has 1 aromatic heterocycles. The maximum absolute atomic E-state index is 13.5. The lowest BCUT2D eigenvalue weighted by Crippen LogP contribution is -2.09. The fourth-order valence-electron chi connectivity index (χ4n) is 1.64. The van der Waals surface area contributed by atoms with Gasteiger partial charge in [-0.25, -0.2) is 4.39 Å². The minimum Gasteiger partial charge on any atom is -0.397 e. The summed E-state index contributed by atoms with van der Waals surface area (Å²) in [5, 5.41) is 3.17. The van der Waals surface area contributed by atoms with Crippen LogP contribution in [0.1, 0.15) is 18.5 Å². The van der Waals surface area contributed by atoms with E-state index in [1.165, 1.54) is 6.07 Å². The monoisotopic (exact) mass is 309 g/mol. The molecule has 0 radical (unpaired) electrons. The predicted molar refractivity (Wildman–Crippen MR) is 74.8 cm³/mol. The Balaban J connectivity index is 2.22. The minimum absolute atomic E-state index is 0.00146. The molecule has 94 valence electrons. The van der Waals surface area contributed by atoms with Gasteiger partial charge in [0.2, 0.25) is 0 Å². The molecule has 5 heteroatoms. The zero-order valence-corrected chi connectivity index (χ0v) is 11.4. The zero-order valence-electron chi connectivity index (χ0n) is 9.82. The Kier molecular flexibility index (Phi) is 3.81. The number of anilines is 2. The first-order valence-corrected chi connectivity index (χ1v) is 6.28. The van der Waals surface area contributed by atoms with E-state index in [4.69, 9.17) is 5.73 Å². The molecule has 3 N–H and O–H groups in total. The third kappa shape index (κ3) is 2.79. The van der Waals surface area contributed by atoms with E-state index in [2.05, 4.69) is 26.2 Å². The second-order valence-corrected chi connectivity index (χ2v) is 4.86. The highest BCUT2D eigenvalue weighted by molar-refractivity contribution is 9.10. The Labute approximate surface area is 113 Å². The number of nitrogens with two attached hydrogens (primary N) is 1. The zero-order chi connectivity index (χ0) is 13.1. The van der Waals surface area contributed by atoms with Gasteiger partial charge in [-0.05, 0) is 40.5 Å². The highest BCUT2D eigenvalue weighted by Crippen LogP contribution is 2.29. The average molecular weight is 310 g/mol. The van der Waals surface area contributed by atoms with Crippen LogP contribution < -0.4 is 11.1 Å². The summed E-state index contributed by atoms with van der Waals surface area (Å²) >= 11 is 3.10. The van der Waals surface area contributed by atoms with Gasteiger partial charge in [0.25, 0.3) is 0 Å². The molecule has 1 atom stereocenters. The number of pyridine rings is 1. The molecule has 2 rings (SSSR count). The maximum Gasteiger partial charge on any atom is 0.139 e. The topological polar surface area (TPSA) is 50.9 Å². The largest absolute Gasteiger partial charge is 0.397 e. The summed E-state index contributed by atoms with van der Waals surface area (Å²) in [4.78, 5) is 4.05. The SMILES string of the molecule is CC(Nc1cc(F)c(Br)cc1N)c1cccnc1. The second-order valence-electron chi connectivity index (χ2n) is 4.01. The number of benzene rings is 1. The first kappa shape index (κ1) is 12.8. The Morgan fingerprint density at radius 1 is 1.44 bits per heavy atom. The van der Waals surface area contributed by atoms with Crippen LogP contribution in [0.15, 0.2) is 41.1 Å². The van der Waals surface area contributed by atoms with Crippen LogP contribution in [0.4, 0.5) is 15.8 Å². The molecule has 0 spiro atoms. The highest BCUT2D eigenvalue weighted by Gasteiger charge is 2.10. The summed E-state index contributed by atoms with van der Waals surface area (Å²) in [6.45, 7) is 1.97. The van der Waals surface area contributed by atoms with Gasteiger partial charge in [-0.2, -0.15) is 0 Å². The first-order chi connectivity index (χ1) is 8.58. The van der Waals surface area contributed by atoms with Gasteiger partial charge >= 0.3 is 0 Å². The van der Waals surface area contributed by atoms with Gasteiger partial charge in [-0.3, -0.25) is 4.98 Å². The summed E-state index contributed by atoms with van der Waals surface area (Å²) in [6, 6.07) is 6.75. The summed E-state index contributed by atoms with van der Waals surface area (Å²) in [5.74, 6) is -0.343. The summed E-state index contributed by atoms with van der Waals surface area (Å²) in [6.07, 6.45) is 3.48. The van der Waals surface area contributed by atoms with Crippen molar-refractivity contribution in [3.8, 4) is 0 Å². The molecule has 0 saturated carbocycles. The lowest BCUT2D eigenvalue weighted by atomic mass is 10.1. The van der Waals surface area contributed by atoms with E-state index in [0.717, 1.165) is 5.56 Å². The molecule has 3 nitrogen and oxygen atoms in total. The molecule has 1 unspecified atom stereocenters. The van der Waals surface area contributed by atoms with Crippen molar-refractivity contribution in [1.29, 1.82) is 0 Å². The number of nitrogens with zero attached hydrogens (tertiary/aromatic N) is 1. The van der Waals surface area contributed by atoms with E-state index < -0.39 is 0 Å². The van der Waals surface area contributed by atoms with Crippen LogP contribution in [-0.2, 0) is 0 Å². The van der Waals surface area contributed by atoms with Gasteiger partial charge < -0.3 is 11.1 Å². The Morgan fingerprint density at radius 2 is 2.22 bits per heavy atom. The van der Waals surface area contributed by atoms with Crippen molar-refractivity contribution in [2.45, 2.75) is 13.0 Å². The van der Waals surface area contributed by atoms with Gasteiger partial charge in [-0.1, -0.05) is 6.07 Å². The van der Waals surface area contributed by atoms with Gasteiger partial charge in [0.1, 0.15) is 5.82 Å². The smallest absolute Gasteiger partial charge is 0.139 e. The molecule has 0 saturated heterocycles. The van der Waals surface area contributed by atoms with Gasteiger partial charge in [0, 0.05) is 18.5 Å². The normalized spacial score (nSPS) is 12.2. The summed E-state index contributed by atoms with van der Waals surface area (Å²) in [5.41, 5.74) is 7.93. The standard InChI is InChI=1S/C13H13BrFN3/c1-8(9-3-2-4-17-7-9)18-13-6-11(15)10(14)5-12(13)16/h2-8,18H,16H2,1H3. The minimum atomic E-state index is -0.343. The molecule has 0 aliphatic heterocycles. The number of hydrogen-bond acceptors (Lipinski definition) is 3. The number of nitrogens with one attached hydrogen (secondary N) is 1. The molecule has 18 heavy (non-hydrogen) atoms. The fourth-order valence-corrected chi connectivity index (χ4v) is 2.00. The third-order valence-corrected chi connectivity index (χ3v) is 3.26. The Hall–Kier alpha value is -1.62. The van der Waals surface area contributed by atoms with E-state index in [9.17, 15) is 4.39 Å². The van der Waals surface area contributed by atoms with Crippen molar-refractivity contribution in [2.24, 2.45) is 0 Å². The van der Waals surface area contributed by atoms with E-state index in [-0.39, 0.29) is 11.9 Å². The number of halogens is 2. The van der Waals surface area contributed by atoms with E-state index >= 15 is 0 Å². The van der Waals surface area contributed by atoms with E-state index in [0.29, 0.717) is 15.8 Å². The van der Waals surface area contributed by atoms with Crippen molar-refractivity contribution in [1.82, 2.24) is 4.98 Å². The van der Waals surface area contributed by atoms with Crippen molar-refractivity contribution < 1.29 is 4.39 Å². The number of nitrogen functional groups attached to an aromatic ring is 1. The molecule has 1 aromatic carbocycles. The summed E-state index contributed by atoms with van der Waals surface area (Å²) < 4.78 is 13.8. The van der Waals surface area contributed by atoms with Crippen LogP contribution in [0.25, 0.3) is 0 Å². The van der Waals surface area contributed by atoms with Crippen LogP contribution in [0.5, 0.6) is 0 Å². The van der Waals surface area contributed by atoms with Crippen molar-refractivity contribution in [2.75, 3.05) is 11.1 Å². The molecule has 1 heterocycles. The van der Waals surface area contributed by atoms with Gasteiger partial charge in [0.15, 0.2) is 0 Å². The first-order valence-electron chi connectivity index (χ1n) is 5.49. The molecular weight excluding hydrogens is 297 g/mol. The maximum atomic E-state index is 13.5. The lowest BCUT2D eigenvalue weighted by molar-refractivity contribution is 0.621. The predicted octanol–water partition coefficient (Wildman–Crippen LogP) is 3.74. The van der Waals surface area contributed by atoms with Crippen LogP contribution >= 0.6 is 15.9 Å². The third-order valence-electron chi connectivity index (χ3n) is 2.65. The van der Waals surface area contributed by atoms with E-state index in [1.807, 2.05) is 19.1 Å². The molecule has 0 fully saturated rings. The Morgan fingerprint density at radius 3 is 2.89 bits per heavy atom. The van der Waals surface area contributed by atoms with E-state index in [1.54, 1.807) is 18.5 Å². The quantitative estimate of drug-likeness (QED) is 0.849. The number of hydrogen-bond donors (Lipinski definition) is 2. The number of rotatable bonds is 3. The van der Waals surface area contributed by atoms with Crippen molar-refractivity contribution in [3.63, 3.8) is 0 Å². The molecule has 0 amide bonds. The lowest BCUT2D eigenvalue weighted by Gasteiger charge is -2.17. The average Bonchev–Trinajstić information content (AvgIpc) is 2.37. The van der Waals surface area contributed by atoms with Crippen molar-refractivity contribution in [3.05, 3.63) is 52.5 Å². The van der Waals surface area contributed by atoms with Gasteiger partial charge in [0.05, 0.1) is 21.9 Å². The molecule has 0 bridgehead atoms.